The lowest BCUT2D eigenvalue weighted by Gasteiger charge is -2.16. The molecule has 2 aromatic carbocycles. The normalized spacial score (nSPS) is 11.5. The summed E-state index contributed by atoms with van der Waals surface area (Å²) in [4.78, 5) is 28.5. The van der Waals surface area contributed by atoms with E-state index in [-0.39, 0.29) is 6.42 Å². The van der Waals surface area contributed by atoms with Crippen molar-refractivity contribution in [3.05, 3.63) is 77.5 Å². The molecule has 128 valence electrons. The number of carbonyl (C=O) groups excluding carboxylic acids is 1. The zero-order chi connectivity index (χ0) is 18.5. The summed E-state index contributed by atoms with van der Waals surface area (Å²) in [6, 6.07) is 16.3. The number of para-hydroxylation sites is 1. The Bertz CT molecular complexity index is 1020. The lowest BCUT2D eigenvalue weighted by Crippen LogP contribution is -2.42. The Morgan fingerprint density at radius 3 is 2.62 bits per heavy atom. The lowest BCUT2D eigenvalue weighted by molar-refractivity contribution is -0.139. The third kappa shape index (κ3) is 3.52. The number of rotatable bonds is 5. The van der Waals surface area contributed by atoms with Gasteiger partial charge < -0.3 is 10.4 Å². The molecule has 1 heterocycles. The van der Waals surface area contributed by atoms with Gasteiger partial charge in [-0.1, -0.05) is 36.4 Å². The quantitative estimate of drug-likeness (QED) is 0.739. The minimum atomic E-state index is -1.16. The number of nitrogens with zero attached hydrogens (tertiary/aromatic N) is 2. The van der Waals surface area contributed by atoms with Crippen molar-refractivity contribution >= 4 is 22.8 Å². The van der Waals surface area contributed by atoms with E-state index in [0.29, 0.717) is 27.6 Å². The maximum absolute atomic E-state index is 12.7. The first kappa shape index (κ1) is 17.1. The molecule has 6 nitrogen and oxygen atoms in total. The van der Waals surface area contributed by atoms with Gasteiger partial charge in [-0.3, -0.25) is 9.78 Å². The largest absolute Gasteiger partial charge is 0.480 e. The maximum Gasteiger partial charge on any atom is 0.326 e. The van der Waals surface area contributed by atoms with Gasteiger partial charge in [0.1, 0.15) is 6.04 Å². The van der Waals surface area contributed by atoms with Crippen molar-refractivity contribution in [2.75, 3.05) is 0 Å². The van der Waals surface area contributed by atoms with Crippen molar-refractivity contribution in [1.29, 1.82) is 5.26 Å². The fourth-order valence-electron chi connectivity index (χ4n) is 2.76. The molecule has 3 aromatic rings. The molecule has 1 atom stereocenters. The summed E-state index contributed by atoms with van der Waals surface area (Å²) in [7, 11) is 0. The highest BCUT2D eigenvalue weighted by Crippen LogP contribution is 2.17. The van der Waals surface area contributed by atoms with E-state index in [2.05, 4.69) is 10.3 Å². The SMILES string of the molecule is N#Cc1ccccc1C[C@@H](NC(=O)c1ccnc2ccccc12)C(=O)O. The summed E-state index contributed by atoms with van der Waals surface area (Å²) < 4.78 is 0. The average Bonchev–Trinajstić information content (AvgIpc) is 2.67. The molecular formula is C20H15N3O3. The standard InChI is InChI=1S/C20H15N3O3/c21-12-14-6-2-1-5-13(14)11-18(20(25)26)23-19(24)16-9-10-22-17-8-4-3-7-15(16)17/h1-10,18H,11H2,(H,23,24)(H,25,26)/t18-/m1/s1. The number of aromatic nitrogens is 1. The Kier molecular flexibility index (Phi) is 4.90. The Labute approximate surface area is 149 Å². The van der Waals surface area contributed by atoms with Gasteiger partial charge in [-0.05, 0) is 23.8 Å². The molecule has 0 aliphatic carbocycles. The van der Waals surface area contributed by atoms with Gasteiger partial charge in [-0.15, -0.1) is 0 Å². The van der Waals surface area contributed by atoms with Crippen LogP contribution in [-0.2, 0) is 11.2 Å². The van der Waals surface area contributed by atoms with Crippen molar-refractivity contribution in [3.63, 3.8) is 0 Å². The number of aliphatic carboxylic acids is 1. The highest BCUT2D eigenvalue weighted by molar-refractivity contribution is 6.06. The van der Waals surface area contributed by atoms with Crippen LogP contribution in [0.25, 0.3) is 10.9 Å². The topological polar surface area (TPSA) is 103 Å². The predicted molar refractivity (Wildman–Crippen MR) is 95.5 cm³/mol. The minimum absolute atomic E-state index is 0.0216. The van der Waals surface area contributed by atoms with Crippen LogP contribution >= 0.6 is 0 Å². The number of carboxylic acid groups (broad SMARTS) is 1. The van der Waals surface area contributed by atoms with Crippen LogP contribution in [0.4, 0.5) is 0 Å². The summed E-state index contributed by atoms with van der Waals surface area (Å²) in [6.45, 7) is 0. The van der Waals surface area contributed by atoms with Gasteiger partial charge in [-0.2, -0.15) is 5.26 Å². The van der Waals surface area contributed by atoms with E-state index in [4.69, 9.17) is 5.26 Å². The summed E-state index contributed by atoms with van der Waals surface area (Å²) in [5.41, 5.74) is 1.97. The molecule has 6 heteroatoms. The van der Waals surface area contributed by atoms with Gasteiger partial charge in [0.2, 0.25) is 0 Å². The number of hydrogen-bond donors (Lipinski definition) is 2. The lowest BCUT2D eigenvalue weighted by atomic mass is 10.0. The first-order valence-electron chi connectivity index (χ1n) is 7.95. The van der Waals surface area contributed by atoms with Crippen LogP contribution in [-0.4, -0.2) is 28.0 Å². The molecule has 3 rings (SSSR count). The van der Waals surface area contributed by atoms with Crippen molar-refractivity contribution in [1.82, 2.24) is 10.3 Å². The molecule has 2 N–H and O–H groups in total. The fourth-order valence-corrected chi connectivity index (χ4v) is 2.76. The molecule has 0 saturated heterocycles. The molecule has 0 aliphatic heterocycles. The van der Waals surface area contributed by atoms with Gasteiger partial charge >= 0.3 is 5.97 Å². The number of amides is 1. The molecule has 0 aliphatic rings. The van der Waals surface area contributed by atoms with Crippen LogP contribution in [0.1, 0.15) is 21.5 Å². The Balaban J connectivity index is 1.87. The highest BCUT2D eigenvalue weighted by atomic mass is 16.4. The minimum Gasteiger partial charge on any atom is -0.480 e. The number of fused-ring (bicyclic) bond motifs is 1. The Morgan fingerprint density at radius 1 is 1.12 bits per heavy atom. The molecule has 0 radical (unpaired) electrons. The molecule has 0 saturated carbocycles. The van der Waals surface area contributed by atoms with E-state index in [9.17, 15) is 14.7 Å². The van der Waals surface area contributed by atoms with E-state index in [1.807, 2.05) is 12.1 Å². The second kappa shape index (κ2) is 7.45. The zero-order valence-corrected chi connectivity index (χ0v) is 13.7. The van der Waals surface area contributed by atoms with Gasteiger partial charge in [0, 0.05) is 18.0 Å². The van der Waals surface area contributed by atoms with Crippen LogP contribution in [0.2, 0.25) is 0 Å². The van der Waals surface area contributed by atoms with Gasteiger partial charge in [0.05, 0.1) is 22.7 Å². The van der Waals surface area contributed by atoms with Crippen molar-refractivity contribution < 1.29 is 14.7 Å². The zero-order valence-electron chi connectivity index (χ0n) is 13.7. The molecule has 0 bridgehead atoms. The molecule has 0 spiro atoms. The average molecular weight is 345 g/mol. The van der Waals surface area contributed by atoms with Gasteiger partial charge in [-0.25, -0.2) is 4.79 Å². The van der Waals surface area contributed by atoms with Crippen LogP contribution in [0.5, 0.6) is 0 Å². The number of carbonyl (C=O) groups is 2. The van der Waals surface area contributed by atoms with Crippen molar-refractivity contribution in [2.45, 2.75) is 12.5 Å². The number of benzene rings is 2. The Morgan fingerprint density at radius 2 is 1.85 bits per heavy atom. The van der Waals surface area contributed by atoms with E-state index in [1.54, 1.807) is 48.5 Å². The number of nitriles is 1. The monoisotopic (exact) mass is 345 g/mol. The van der Waals surface area contributed by atoms with E-state index in [0.717, 1.165) is 0 Å². The van der Waals surface area contributed by atoms with Crippen molar-refractivity contribution in [3.8, 4) is 6.07 Å². The molecular weight excluding hydrogens is 330 g/mol. The smallest absolute Gasteiger partial charge is 0.326 e. The number of carboxylic acids is 1. The number of nitrogens with one attached hydrogen (secondary N) is 1. The third-order valence-corrected chi connectivity index (χ3v) is 4.06. The molecule has 1 amide bonds. The first-order valence-corrected chi connectivity index (χ1v) is 7.95. The van der Waals surface area contributed by atoms with E-state index in [1.165, 1.54) is 6.20 Å². The van der Waals surface area contributed by atoms with Crippen LogP contribution in [0.15, 0.2) is 60.8 Å². The van der Waals surface area contributed by atoms with Crippen molar-refractivity contribution in [2.24, 2.45) is 0 Å². The summed E-state index contributed by atoms with van der Waals surface area (Å²) in [5.74, 6) is -1.66. The van der Waals surface area contributed by atoms with Crippen LogP contribution in [0, 0.1) is 11.3 Å². The van der Waals surface area contributed by atoms with Crippen LogP contribution < -0.4 is 5.32 Å². The number of hydrogen-bond acceptors (Lipinski definition) is 4. The molecule has 0 fully saturated rings. The predicted octanol–water partition coefficient (Wildman–Crippen LogP) is 2.53. The molecule has 0 unspecified atom stereocenters. The molecule has 26 heavy (non-hydrogen) atoms. The second-order valence-electron chi connectivity index (χ2n) is 5.71. The maximum atomic E-state index is 12.7. The second-order valence-corrected chi connectivity index (χ2v) is 5.71. The third-order valence-electron chi connectivity index (χ3n) is 4.06. The van der Waals surface area contributed by atoms with Gasteiger partial charge in [0.15, 0.2) is 0 Å². The number of pyridine rings is 1. The van der Waals surface area contributed by atoms with E-state index >= 15 is 0 Å². The first-order chi connectivity index (χ1) is 12.6. The summed E-state index contributed by atoms with van der Waals surface area (Å²) in [6.07, 6.45) is 1.53. The Hall–Kier alpha value is -3.72. The summed E-state index contributed by atoms with van der Waals surface area (Å²) in [5, 5.41) is 21.9. The molecule has 1 aromatic heterocycles. The summed E-state index contributed by atoms with van der Waals surface area (Å²) >= 11 is 0. The van der Waals surface area contributed by atoms with E-state index < -0.39 is 17.9 Å². The van der Waals surface area contributed by atoms with Gasteiger partial charge in [0.25, 0.3) is 5.91 Å². The highest BCUT2D eigenvalue weighted by Gasteiger charge is 2.23. The van der Waals surface area contributed by atoms with Crippen LogP contribution in [0.3, 0.4) is 0 Å². The fraction of sp³-hybridized carbons (Fsp3) is 0.100.